The molecule has 1 heterocycles. The molecule has 1 aromatic carbocycles. The van der Waals surface area contributed by atoms with Gasteiger partial charge in [0.25, 0.3) is 11.7 Å². The molecular weight excluding hydrogens is 242 g/mol. The minimum absolute atomic E-state index is 0.301. The molecule has 1 amide bonds. The quantitative estimate of drug-likeness (QED) is 0.815. The van der Waals surface area contributed by atoms with E-state index in [0.717, 1.165) is 0 Å². The van der Waals surface area contributed by atoms with Crippen LogP contribution in [-0.2, 0) is 4.79 Å². The van der Waals surface area contributed by atoms with Crippen LogP contribution in [-0.4, -0.2) is 28.9 Å². The molecule has 4 nitrogen and oxygen atoms in total. The molecule has 0 spiro atoms. The SMILES string of the molecule is CC(O)C(C)N1C(=O)C(=O)c2cc(Cl)ccc21. The number of halogens is 1. The van der Waals surface area contributed by atoms with E-state index in [1.54, 1.807) is 26.0 Å². The Morgan fingerprint density at radius 2 is 1.94 bits per heavy atom. The highest BCUT2D eigenvalue weighted by Gasteiger charge is 2.39. The molecule has 2 unspecified atom stereocenters. The second-order valence-electron chi connectivity index (χ2n) is 4.15. The minimum atomic E-state index is -0.714. The first-order valence-electron chi connectivity index (χ1n) is 5.29. The Morgan fingerprint density at radius 1 is 1.29 bits per heavy atom. The summed E-state index contributed by atoms with van der Waals surface area (Å²) in [6, 6.07) is 4.27. The monoisotopic (exact) mass is 253 g/mol. The molecule has 0 saturated carbocycles. The maximum Gasteiger partial charge on any atom is 0.299 e. The average molecular weight is 254 g/mol. The third-order valence-electron chi connectivity index (χ3n) is 2.98. The van der Waals surface area contributed by atoms with E-state index in [4.69, 9.17) is 11.6 Å². The van der Waals surface area contributed by atoms with Gasteiger partial charge < -0.3 is 5.11 Å². The van der Waals surface area contributed by atoms with Crippen LogP contribution in [0.3, 0.4) is 0 Å². The van der Waals surface area contributed by atoms with Gasteiger partial charge in [0.2, 0.25) is 0 Å². The molecule has 5 heteroatoms. The summed E-state index contributed by atoms with van der Waals surface area (Å²) in [7, 11) is 0. The molecule has 0 bridgehead atoms. The Hall–Kier alpha value is -1.39. The van der Waals surface area contributed by atoms with Crippen molar-refractivity contribution in [1.82, 2.24) is 0 Å². The maximum atomic E-state index is 11.8. The number of fused-ring (bicyclic) bond motifs is 1. The number of carbonyl (C=O) groups is 2. The van der Waals surface area contributed by atoms with Crippen LogP contribution in [0.2, 0.25) is 5.02 Å². The number of rotatable bonds is 2. The van der Waals surface area contributed by atoms with Gasteiger partial charge in [0.05, 0.1) is 23.4 Å². The van der Waals surface area contributed by atoms with E-state index < -0.39 is 23.8 Å². The summed E-state index contributed by atoms with van der Waals surface area (Å²) in [5, 5.41) is 9.95. The molecule has 1 aliphatic heterocycles. The number of hydrogen-bond acceptors (Lipinski definition) is 3. The molecule has 0 saturated heterocycles. The van der Waals surface area contributed by atoms with Crippen molar-refractivity contribution in [3.05, 3.63) is 28.8 Å². The highest BCUT2D eigenvalue weighted by atomic mass is 35.5. The van der Waals surface area contributed by atoms with Gasteiger partial charge in [-0.15, -0.1) is 0 Å². The zero-order valence-electron chi connectivity index (χ0n) is 9.48. The summed E-state index contributed by atoms with van der Waals surface area (Å²) >= 11 is 5.79. The van der Waals surface area contributed by atoms with Crippen LogP contribution in [0.1, 0.15) is 24.2 Å². The van der Waals surface area contributed by atoms with Gasteiger partial charge in [-0.2, -0.15) is 0 Å². The van der Waals surface area contributed by atoms with Crippen molar-refractivity contribution < 1.29 is 14.7 Å². The Kier molecular flexibility index (Phi) is 2.93. The maximum absolute atomic E-state index is 11.8. The molecule has 0 aliphatic carbocycles. The zero-order chi connectivity index (χ0) is 12.7. The lowest BCUT2D eigenvalue weighted by atomic mass is 10.1. The molecule has 1 aromatic rings. The normalized spacial score (nSPS) is 18.2. The van der Waals surface area contributed by atoms with Crippen molar-refractivity contribution in [2.24, 2.45) is 0 Å². The van der Waals surface area contributed by atoms with Crippen molar-refractivity contribution in [1.29, 1.82) is 0 Å². The fraction of sp³-hybridized carbons (Fsp3) is 0.333. The lowest BCUT2D eigenvalue weighted by Crippen LogP contribution is -2.43. The van der Waals surface area contributed by atoms with E-state index in [1.165, 1.54) is 11.0 Å². The van der Waals surface area contributed by atoms with E-state index in [9.17, 15) is 14.7 Å². The molecule has 90 valence electrons. The molecule has 0 aromatic heterocycles. The van der Waals surface area contributed by atoms with Crippen LogP contribution >= 0.6 is 11.6 Å². The number of amides is 1. The van der Waals surface area contributed by atoms with Gasteiger partial charge in [0.15, 0.2) is 0 Å². The summed E-state index contributed by atoms with van der Waals surface area (Å²) in [6.07, 6.45) is -0.714. The van der Waals surface area contributed by atoms with Gasteiger partial charge in [-0.1, -0.05) is 11.6 Å². The molecule has 2 atom stereocenters. The fourth-order valence-corrected chi connectivity index (χ4v) is 2.03. The second kappa shape index (κ2) is 4.13. The number of nitrogens with zero attached hydrogens (tertiary/aromatic N) is 1. The highest BCUT2D eigenvalue weighted by Crippen LogP contribution is 2.33. The van der Waals surface area contributed by atoms with Crippen molar-refractivity contribution in [2.75, 3.05) is 4.90 Å². The van der Waals surface area contributed by atoms with Crippen LogP contribution in [0.4, 0.5) is 5.69 Å². The minimum Gasteiger partial charge on any atom is -0.391 e. The first-order valence-corrected chi connectivity index (χ1v) is 5.66. The molecule has 2 rings (SSSR count). The fourth-order valence-electron chi connectivity index (χ4n) is 1.85. The molecule has 1 aliphatic rings. The predicted octanol–water partition coefficient (Wildman–Crippen LogP) is 1.64. The molecular formula is C12H12ClNO3. The lowest BCUT2D eigenvalue weighted by Gasteiger charge is -2.26. The molecule has 17 heavy (non-hydrogen) atoms. The summed E-state index contributed by atoms with van der Waals surface area (Å²) in [4.78, 5) is 24.9. The lowest BCUT2D eigenvalue weighted by molar-refractivity contribution is -0.115. The van der Waals surface area contributed by atoms with Gasteiger partial charge in [-0.3, -0.25) is 14.5 Å². The Balaban J connectivity index is 2.52. The van der Waals surface area contributed by atoms with E-state index in [-0.39, 0.29) is 0 Å². The van der Waals surface area contributed by atoms with Gasteiger partial charge in [-0.05, 0) is 32.0 Å². The number of anilines is 1. The van der Waals surface area contributed by atoms with Gasteiger partial charge in [0, 0.05) is 5.02 Å². The van der Waals surface area contributed by atoms with Gasteiger partial charge >= 0.3 is 0 Å². The van der Waals surface area contributed by atoms with Crippen molar-refractivity contribution in [3.8, 4) is 0 Å². The van der Waals surface area contributed by atoms with E-state index >= 15 is 0 Å². The van der Waals surface area contributed by atoms with Gasteiger partial charge in [0.1, 0.15) is 0 Å². The number of aliphatic hydroxyl groups excluding tert-OH is 1. The summed E-state index contributed by atoms with van der Waals surface area (Å²) in [5.74, 6) is -1.19. The molecule has 0 radical (unpaired) electrons. The summed E-state index contributed by atoms with van der Waals surface area (Å²) in [5.41, 5.74) is 0.813. The number of Topliss-reactive ketones (excluding diaryl/α,β-unsaturated/α-hetero) is 1. The average Bonchev–Trinajstić information content (AvgIpc) is 2.51. The van der Waals surface area contributed by atoms with Crippen molar-refractivity contribution in [3.63, 3.8) is 0 Å². The van der Waals surface area contributed by atoms with E-state index in [1.807, 2.05) is 0 Å². The van der Waals surface area contributed by atoms with Crippen LogP contribution in [0.15, 0.2) is 18.2 Å². The summed E-state index contributed by atoms with van der Waals surface area (Å²) < 4.78 is 0. The largest absolute Gasteiger partial charge is 0.391 e. The third kappa shape index (κ3) is 1.83. The van der Waals surface area contributed by atoms with Crippen LogP contribution in [0, 0.1) is 0 Å². The van der Waals surface area contributed by atoms with Crippen molar-refractivity contribution in [2.45, 2.75) is 26.0 Å². The number of carbonyl (C=O) groups excluding carboxylic acids is 2. The summed E-state index contributed by atoms with van der Waals surface area (Å²) in [6.45, 7) is 3.27. The first-order chi connectivity index (χ1) is 7.93. The predicted molar refractivity (Wildman–Crippen MR) is 64.4 cm³/mol. The van der Waals surface area contributed by atoms with Crippen molar-refractivity contribution >= 4 is 29.0 Å². The Bertz CT molecular complexity index is 499. The number of aliphatic hydroxyl groups is 1. The topological polar surface area (TPSA) is 57.6 Å². The first kappa shape index (κ1) is 12.1. The number of benzene rings is 1. The molecule has 0 fully saturated rings. The van der Waals surface area contributed by atoms with E-state index in [2.05, 4.69) is 0 Å². The Labute approximate surface area is 104 Å². The smallest absolute Gasteiger partial charge is 0.299 e. The standard InChI is InChI=1S/C12H12ClNO3/c1-6(7(2)15)14-10-4-3-8(13)5-9(10)11(16)12(14)17/h3-7,15H,1-2H3. The van der Waals surface area contributed by atoms with Crippen LogP contribution in [0.5, 0.6) is 0 Å². The van der Waals surface area contributed by atoms with Gasteiger partial charge in [-0.25, -0.2) is 0 Å². The highest BCUT2D eigenvalue weighted by molar-refractivity contribution is 6.52. The second-order valence-corrected chi connectivity index (χ2v) is 4.58. The molecule has 1 N–H and O–H groups in total. The number of hydrogen-bond donors (Lipinski definition) is 1. The Morgan fingerprint density at radius 3 is 2.53 bits per heavy atom. The van der Waals surface area contributed by atoms with E-state index in [0.29, 0.717) is 16.3 Å². The third-order valence-corrected chi connectivity index (χ3v) is 3.22. The number of ketones is 1. The zero-order valence-corrected chi connectivity index (χ0v) is 10.2. The van der Waals surface area contributed by atoms with Crippen LogP contribution < -0.4 is 4.90 Å². The van der Waals surface area contributed by atoms with Crippen LogP contribution in [0.25, 0.3) is 0 Å².